The van der Waals surface area contributed by atoms with Crippen molar-refractivity contribution in [3.05, 3.63) is 47.7 Å². The Morgan fingerprint density at radius 2 is 1.92 bits per heavy atom. The minimum Gasteiger partial charge on any atom is -0.367 e. The lowest BCUT2D eigenvalue weighted by Crippen LogP contribution is -2.38. The Labute approximate surface area is 152 Å². The van der Waals surface area contributed by atoms with Crippen LogP contribution in [0.25, 0.3) is 0 Å². The van der Waals surface area contributed by atoms with Crippen LogP contribution in [0.5, 0.6) is 0 Å². The number of urea groups is 1. The SMILES string of the molecule is N#Cc1cccnc1NCCNC(=O)NCCc1cnc(C2CC2)nc1. The van der Waals surface area contributed by atoms with E-state index < -0.39 is 0 Å². The topological polar surface area (TPSA) is 116 Å². The molecule has 0 bridgehead atoms. The number of pyridine rings is 1. The van der Waals surface area contributed by atoms with E-state index in [0.717, 1.165) is 11.4 Å². The van der Waals surface area contributed by atoms with Crippen LogP contribution in [-0.2, 0) is 6.42 Å². The van der Waals surface area contributed by atoms with Crippen molar-refractivity contribution in [2.24, 2.45) is 0 Å². The van der Waals surface area contributed by atoms with Gasteiger partial charge in [0.15, 0.2) is 0 Å². The van der Waals surface area contributed by atoms with Gasteiger partial charge in [-0.15, -0.1) is 0 Å². The van der Waals surface area contributed by atoms with Crippen LogP contribution in [-0.4, -0.2) is 40.6 Å². The molecule has 1 fully saturated rings. The Hall–Kier alpha value is -3.21. The number of carbonyl (C=O) groups excluding carboxylic acids is 1. The smallest absolute Gasteiger partial charge is 0.314 e. The van der Waals surface area contributed by atoms with Crippen molar-refractivity contribution in [2.45, 2.75) is 25.2 Å². The first-order valence-corrected chi connectivity index (χ1v) is 8.68. The van der Waals surface area contributed by atoms with Gasteiger partial charge in [-0.25, -0.2) is 19.7 Å². The largest absolute Gasteiger partial charge is 0.367 e. The first kappa shape index (κ1) is 17.6. The van der Waals surface area contributed by atoms with E-state index in [4.69, 9.17) is 5.26 Å². The van der Waals surface area contributed by atoms with Gasteiger partial charge in [-0.1, -0.05) is 0 Å². The number of carbonyl (C=O) groups is 1. The lowest BCUT2D eigenvalue weighted by molar-refractivity contribution is 0.241. The zero-order valence-corrected chi connectivity index (χ0v) is 14.4. The van der Waals surface area contributed by atoms with Crippen molar-refractivity contribution >= 4 is 11.8 Å². The first-order valence-electron chi connectivity index (χ1n) is 8.68. The Morgan fingerprint density at radius 3 is 2.65 bits per heavy atom. The number of nitriles is 1. The average molecular weight is 351 g/mol. The van der Waals surface area contributed by atoms with Crippen molar-refractivity contribution in [2.75, 3.05) is 25.0 Å². The van der Waals surface area contributed by atoms with Crippen LogP contribution in [0, 0.1) is 11.3 Å². The molecule has 0 atom stereocenters. The normalized spacial score (nSPS) is 12.9. The molecule has 26 heavy (non-hydrogen) atoms. The van der Waals surface area contributed by atoms with Crippen LogP contribution in [0.4, 0.5) is 10.6 Å². The van der Waals surface area contributed by atoms with Gasteiger partial charge in [0.1, 0.15) is 17.7 Å². The molecule has 0 radical (unpaired) electrons. The number of amides is 2. The molecule has 2 aromatic heterocycles. The molecule has 134 valence electrons. The second-order valence-corrected chi connectivity index (χ2v) is 6.09. The van der Waals surface area contributed by atoms with E-state index in [0.29, 0.717) is 43.4 Å². The fourth-order valence-corrected chi connectivity index (χ4v) is 2.42. The standard InChI is InChI=1S/C18H21N7O/c19-10-15-2-1-6-20-17(15)21-8-9-23-18(26)22-7-5-13-11-24-16(25-12-13)14-3-4-14/h1-2,6,11-12,14H,3-5,7-9H2,(H,20,21)(H2,22,23,26). The highest BCUT2D eigenvalue weighted by molar-refractivity contribution is 5.73. The molecule has 3 N–H and O–H groups in total. The van der Waals surface area contributed by atoms with Gasteiger partial charge in [0.25, 0.3) is 0 Å². The van der Waals surface area contributed by atoms with E-state index >= 15 is 0 Å². The summed E-state index contributed by atoms with van der Waals surface area (Å²) in [6.45, 7) is 1.42. The molecule has 2 heterocycles. The first-order chi connectivity index (χ1) is 12.8. The summed E-state index contributed by atoms with van der Waals surface area (Å²) < 4.78 is 0. The van der Waals surface area contributed by atoms with Crippen LogP contribution in [0.3, 0.4) is 0 Å². The maximum absolute atomic E-state index is 11.8. The third-order valence-corrected chi connectivity index (χ3v) is 4.00. The number of rotatable bonds is 8. The molecular formula is C18H21N7O. The number of hydrogen-bond acceptors (Lipinski definition) is 6. The van der Waals surface area contributed by atoms with Gasteiger partial charge >= 0.3 is 6.03 Å². The molecule has 1 aliphatic carbocycles. The van der Waals surface area contributed by atoms with Crippen molar-refractivity contribution in [1.82, 2.24) is 25.6 Å². The zero-order chi connectivity index (χ0) is 18.2. The predicted molar refractivity (Wildman–Crippen MR) is 96.6 cm³/mol. The summed E-state index contributed by atoms with van der Waals surface area (Å²) in [6.07, 6.45) is 8.36. The lowest BCUT2D eigenvalue weighted by Gasteiger charge is -2.09. The van der Waals surface area contributed by atoms with E-state index in [1.807, 2.05) is 12.4 Å². The minimum atomic E-state index is -0.233. The fraction of sp³-hybridized carbons (Fsp3) is 0.389. The Bertz CT molecular complexity index is 781. The lowest BCUT2D eigenvalue weighted by atomic mass is 10.2. The molecule has 3 rings (SSSR count). The summed E-state index contributed by atoms with van der Waals surface area (Å²) in [7, 11) is 0. The Balaban J connectivity index is 1.30. The molecule has 2 aromatic rings. The summed E-state index contributed by atoms with van der Waals surface area (Å²) in [5.74, 6) is 2.00. The highest BCUT2D eigenvalue weighted by atomic mass is 16.2. The van der Waals surface area contributed by atoms with Crippen molar-refractivity contribution in [3.63, 3.8) is 0 Å². The van der Waals surface area contributed by atoms with E-state index in [1.54, 1.807) is 18.3 Å². The molecule has 0 aliphatic heterocycles. The van der Waals surface area contributed by atoms with Gasteiger partial charge in [0.2, 0.25) is 0 Å². The van der Waals surface area contributed by atoms with Crippen molar-refractivity contribution in [3.8, 4) is 6.07 Å². The summed E-state index contributed by atoms with van der Waals surface area (Å²) >= 11 is 0. The molecule has 8 nitrogen and oxygen atoms in total. The van der Waals surface area contributed by atoms with Gasteiger partial charge in [0, 0.05) is 44.1 Å². The summed E-state index contributed by atoms with van der Waals surface area (Å²) in [4.78, 5) is 24.6. The van der Waals surface area contributed by atoms with Crippen LogP contribution in [0.15, 0.2) is 30.7 Å². The molecule has 8 heteroatoms. The molecule has 0 saturated heterocycles. The van der Waals surface area contributed by atoms with E-state index in [9.17, 15) is 4.79 Å². The minimum absolute atomic E-state index is 0.233. The zero-order valence-electron chi connectivity index (χ0n) is 14.4. The van der Waals surface area contributed by atoms with Gasteiger partial charge in [-0.05, 0) is 37.0 Å². The number of aromatic nitrogens is 3. The highest BCUT2D eigenvalue weighted by Gasteiger charge is 2.25. The molecule has 0 aromatic carbocycles. The number of anilines is 1. The second-order valence-electron chi connectivity index (χ2n) is 6.09. The van der Waals surface area contributed by atoms with E-state index in [1.165, 1.54) is 12.8 Å². The molecular weight excluding hydrogens is 330 g/mol. The molecule has 1 aliphatic rings. The van der Waals surface area contributed by atoms with Gasteiger partial charge < -0.3 is 16.0 Å². The van der Waals surface area contributed by atoms with E-state index in [-0.39, 0.29) is 6.03 Å². The monoisotopic (exact) mass is 351 g/mol. The van der Waals surface area contributed by atoms with Crippen molar-refractivity contribution in [1.29, 1.82) is 5.26 Å². The van der Waals surface area contributed by atoms with Gasteiger partial charge in [-0.3, -0.25) is 0 Å². The van der Waals surface area contributed by atoms with E-state index in [2.05, 4.69) is 37.0 Å². The van der Waals surface area contributed by atoms with Gasteiger partial charge in [-0.2, -0.15) is 5.26 Å². The van der Waals surface area contributed by atoms with Crippen molar-refractivity contribution < 1.29 is 4.79 Å². The van der Waals surface area contributed by atoms with Crippen LogP contribution >= 0.6 is 0 Å². The van der Waals surface area contributed by atoms with Gasteiger partial charge in [0.05, 0.1) is 5.56 Å². The highest BCUT2D eigenvalue weighted by Crippen LogP contribution is 2.37. The second kappa shape index (κ2) is 8.76. The molecule has 2 amide bonds. The quantitative estimate of drug-likeness (QED) is 0.622. The predicted octanol–water partition coefficient (Wildman–Crippen LogP) is 1.57. The molecule has 0 unspecified atom stereocenters. The number of nitrogens with one attached hydrogen (secondary N) is 3. The summed E-state index contributed by atoms with van der Waals surface area (Å²) in [5.41, 5.74) is 1.49. The average Bonchev–Trinajstić information content (AvgIpc) is 3.51. The Morgan fingerprint density at radius 1 is 1.15 bits per heavy atom. The molecule has 0 spiro atoms. The van der Waals surface area contributed by atoms with Crippen LogP contribution in [0.1, 0.15) is 35.7 Å². The maximum atomic E-state index is 11.8. The summed E-state index contributed by atoms with van der Waals surface area (Å²) in [6, 6.07) is 5.23. The Kier molecular flexibility index (Phi) is 5.93. The maximum Gasteiger partial charge on any atom is 0.314 e. The number of hydrogen-bond donors (Lipinski definition) is 3. The number of nitrogens with zero attached hydrogens (tertiary/aromatic N) is 4. The fourth-order valence-electron chi connectivity index (χ4n) is 2.42. The summed E-state index contributed by atoms with van der Waals surface area (Å²) in [5, 5.41) is 17.6. The third-order valence-electron chi connectivity index (χ3n) is 4.00. The van der Waals surface area contributed by atoms with Crippen LogP contribution < -0.4 is 16.0 Å². The molecule has 1 saturated carbocycles. The third kappa shape index (κ3) is 5.14. The van der Waals surface area contributed by atoms with Crippen LogP contribution in [0.2, 0.25) is 0 Å².